The minimum absolute atomic E-state index is 0.422. The number of fused-ring (bicyclic) bond motifs is 1. The molecule has 0 bridgehead atoms. The van der Waals surface area contributed by atoms with Crippen LogP contribution in [0.1, 0.15) is 37.4 Å². The van der Waals surface area contributed by atoms with Crippen LogP contribution in [0.2, 0.25) is 5.15 Å². The van der Waals surface area contributed by atoms with E-state index in [-0.39, 0.29) is 0 Å². The number of hydrogen-bond acceptors (Lipinski definition) is 2. The molecule has 0 saturated carbocycles. The van der Waals surface area contributed by atoms with Gasteiger partial charge in [-0.05, 0) is 12.8 Å². The van der Waals surface area contributed by atoms with Crippen LogP contribution >= 0.6 is 11.6 Å². The van der Waals surface area contributed by atoms with E-state index < -0.39 is 6.10 Å². The van der Waals surface area contributed by atoms with Gasteiger partial charge in [0.1, 0.15) is 5.82 Å². The van der Waals surface area contributed by atoms with Gasteiger partial charge in [0, 0.05) is 13.0 Å². The maximum atomic E-state index is 9.71. The van der Waals surface area contributed by atoms with Gasteiger partial charge in [0.25, 0.3) is 0 Å². The lowest BCUT2D eigenvalue weighted by Gasteiger charge is -2.21. The third-order valence-corrected chi connectivity index (χ3v) is 2.81. The molecule has 1 aliphatic rings. The SMILES string of the molecule is CCc1nc(Cl)c2n1CCCC2O. The second-order valence-corrected chi connectivity index (χ2v) is 3.73. The topological polar surface area (TPSA) is 38.0 Å². The Bertz CT molecular complexity index is 322. The number of rotatable bonds is 1. The van der Waals surface area contributed by atoms with Crippen LogP contribution in [0.5, 0.6) is 0 Å². The predicted octanol–water partition coefficient (Wildman–Crippen LogP) is 1.93. The van der Waals surface area contributed by atoms with Crippen LogP contribution in [0, 0.1) is 0 Å². The van der Waals surface area contributed by atoms with Gasteiger partial charge in [0.2, 0.25) is 0 Å². The quantitative estimate of drug-likeness (QED) is 0.752. The molecule has 1 N–H and O–H groups in total. The fraction of sp³-hybridized carbons (Fsp3) is 0.667. The molecule has 0 amide bonds. The normalized spacial score (nSPS) is 21.6. The first-order chi connectivity index (χ1) is 6.24. The molecule has 0 aliphatic carbocycles. The lowest BCUT2D eigenvalue weighted by Crippen LogP contribution is -2.16. The number of imidazole rings is 1. The standard InChI is InChI=1S/C9H13ClN2O/c1-2-7-11-9(10)8-6(13)4-3-5-12(7)8/h6,13H,2-5H2,1H3. The van der Waals surface area contributed by atoms with E-state index in [1.54, 1.807) is 0 Å². The van der Waals surface area contributed by atoms with Crippen LogP contribution in [0.25, 0.3) is 0 Å². The van der Waals surface area contributed by atoms with Crippen molar-refractivity contribution in [3.63, 3.8) is 0 Å². The van der Waals surface area contributed by atoms with Crippen molar-refractivity contribution in [2.75, 3.05) is 0 Å². The van der Waals surface area contributed by atoms with E-state index in [9.17, 15) is 5.11 Å². The molecule has 3 nitrogen and oxygen atoms in total. The van der Waals surface area contributed by atoms with E-state index in [4.69, 9.17) is 11.6 Å². The van der Waals surface area contributed by atoms with Gasteiger partial charge in [-0.3, -0.25) is 0 Å². The third kappa shape index (κ3) is 1.36. The molecule has 72 valence electrons. The summed E-state index contributed by atoms with van der Waals surface area (Å²) in [5.74, 6) is 0.985. The first-order valence-electron chi connectivity index (χ1n) is 4.67. The number of halogens is 1. The minimum Gasteiger partial charge on any atom is -0.387 e. The number of aryl methyl sites for hydroxylation is 1. The highest BCUT2D eigenvalue weighted by Crippen LogP contribution is 2.31. The van der Waals surface area contributed by atoms with Crippen molar-refractivity contribution in [1.82, 2.24) is 9.55 Å². The second kappa shape index (κ2) is 3.31. The summed E-state index contributed by atoms with van der Waals surface area (Å²) in [7, 11) is 0. The van der Waals surface area contributed by atoms with Gasteiger partial charge in [-0.1, -0.05) is 18.5 Å². The average molecular weight is 201 g/mol. The van der Waals surface area contributed by atoms with Gasteiger partial charge < -0.3 is 9.67 Å². The van der Waals surface area contributed by atoms with Crippen LogP contribution in [0.15, 0.2) is 0 Å². The summed E-state index contributed by atoms with van der Waals surface area (Å²) in [4.78, 5) is 4.23. The van der Waals surface area contributed by atoms with Gasteiger partial charge in [-0.15, -0.1) is 0 Å². The molecule has 2 rings (SSSR count). The van der Waals surface area contributed by atoms with E-state index in [1.165, 1.54) is 0 Å². The lowest BCUT2D eigenvalue weighted by atomic mass is 10.1. The molecule has 1 unspecified atom stereocenters. The van der Waals surface area contributed by atoms with Gasteiger partial charge >= 0.3 is 0 Å². The van der Waals surface area contributed by atoms with Gasteiger partial charge in [-0.25, -0.2) is 4.98 Å². The van der Waals surface area contributed by atoms with Gasteiger partial charge in [0.15, 0.2) is 5.15 Å². The Balaban J connectivity index is 2.51. The average Bonchev–Trinajstić information content (AvgIpc) is 2.44. The molecule has 1 aromatic heterocycles. The van der Waals surface area contributed by atoms with Crippen molar-refractivity contribution < 1.29 is 5.11 Å². The molecular weight excluding hydrogens is 188 g/mol. The van der Waals surface area contributed by atoms with E-state index in [1.807, 2.05) is 6.92 Å². The maximum absolute atomic E-state index is 9.71. The first kappa shape index (κ1) is 9.03. The number of aliphatic hydroxyl groups is 1. The van der Waals surface area contributed by atoms with Crippen LogP contribution < -0.4 is 0 Å². The number of hydrogen-bond donors (Lipinski definition) is 1. The number of nitrogens with zero attached hydrogens (tertiary/aromatic N) is 2. The Kier molecular flexibility index (Phi) is 2.30. The Morgan fingerprint density at radius 2 is 2.46 bits per heavy atom. The van der Waals surface area contributed by atoms with Gasteiger partial charge in [-0.2, -0.15) is 0 Å². The van der Waals surface area contributed by atoms with Crippen molar-refractivity contribution in [1.29, 1.82) is 0 Å². The molecular formula is C9H13ClN2O. The van der Waals surface area contributed by atoms with E-state index >= 15 is 0 Å². The molecule has 2 heterocycles. The van der Waals surface area contributed by atoms with Crippen LogP contribution in [-0.2, 0) is 13.0 Å². The van der Waals surface area contributed by atoms with Crippen molar-refractivity contribution in [3.8, 4) is 0 Å². The monoisotopic (exact) mass is 200 g/mol. The first-order valence-corrected chi connectivity index (χ1v) is 5.04. The molecule has 13 heavy (non-hydrogen) atoms. The number of aromatic nitrogens is 2. The molecule has 0 radical (unpaired) electrons. The molecule has 1 aliphatic heterocycles. The molecule has 0 saturated heterocycles. The Labute approximate surface area is 82.4 Å². The highest BCUT2D eigenvalue weighted by Gasteiger charge is 2.24. The third-order valence-electron chi connectivity index (χ3n) is 2.53. The number of aliphatic hydroxyl groups excluding tert-OH is 1. The molecule has 4 heteroatoms. The fourth-order valence-corrected chi connectivity index (χ4v) is 2.22. The van der Waals surface area contributed by atoms with Crippen LogP contribution in [0.3, 0.4) is 0 Å². The molecule has 1 aromatic rings. The summed E-state index contributed by atoms with van der Waals surface area (Å²) in [6, 6.07) is 0. The maximum Gasteiger partial charge on any atom is 0.153 e. The second-order valence-electron chi connectivity index (χ2n) is 3.37. The van der Waals surface area contributed by atoms with E-state index in [0.717, 1.165) is 37.3 Å². The van der Waals surface area contributed by atoms with Crippen molar-refractivity contribution in [2.24, 2.45) is 0 Å². The van der Waals surface area contributed by atoms with Crippen LogP contribution in [0.4, 0.5) is 0 Å². The van der Waals surface area contributed by atoms with Crippen LogP contribution in [-0.4, -0.2) is 14.7 Å². The zero-order chi connectivity index (χ0) is 9.42. The summed E-state index contributed by atoms with van der Waals surface area (Å²) < 4.78 is 2.05. The minimum atomic E-state index is -0.422. The summed E-state index contributed by atoms with van der Waals surface area (Å²) in [5.41, 5.74) is 0.810. The molecule has 0 aromatic carbocycles. The van der Waals surface area contributed by atoms with Crippen molar-refractivity contribution >= 4 is 11.6 Å². The summed E-state index contributed by atoms with van der Waals surface area (Å²) in [6.45, 7) is 2.99. The fourth-order valence-electron chi connectivity index (χ4n) is 1.90. The van der Waals surface area contributed by atoms with E-state index in [0.29, 0.717) is 5.15 Å². The lowest BCUT2D eigenvalue weighted by molar-refractivity contribution is 0.138. The van der Waals surface area contributed by atoms with Crippen molar-refractivity contribution in [3.05, 3.63) is 16.7 Å². The summed E-state index contributed by atoms with van der Waals surface area (Å²) in [6.07, 6.45) is 2.25. The Morgan fingerprint density at radius 3 is 3.15 bits per heavy atom. The Hall–Kier alpha value is -0.540. The summed E-state index contributed by atoms with van der Waals surface area (Å²) >= 11 is 5.94. The zero-order valence-corrected chi connectivity index (χ0v) is 8.38. The molecule has 0 spiro atoms. The van der Waals surface area contributed by atoms with Gasteiger partial charge in [0.05, 0.1) is 11.8 Å². The molecule has 1 atom stereocenters. The zero-order valence-electron chi connectivity index (χ0n) is 7.63. The highest BCUT2D eigenvalue weighted by atomic mass is 35.5. The van der Waals surface area contributed by atoms with E-state index in [2.05, 4.69) is 9.55 Å². The van der Waals surface area contributed by atoms with Crippen molar-refractivity contribution in [2.45, 2.75) is 38.8 Å². The molecule has 0 fully saturated rings. The highest BCUT2D eigenvalue weighted by molar-refractivity contribution is 6.30. The Morgan fingerprint density at radius 1 is 1.69 bits per heavy atom. The summed E-state index contributed by atoms with van der Waals surface area (Å²) in [5, 5.41) is 10.2. The predicted molar refractivity (Wildman–Crippen MR) is 50.8 cm³/mol. The largest absolute Gasteiger partial charge is 0.387 e. The smallest absolute Gasteiger partial charge is 0.153 e.